The number of aliphatic hydroxyl groups excluding tert-OH is 1. The summed E-state index contributed by atoms with van der Waals surface area (Å²) in [5.41, 5.74) is 0. The van der Waals surface area contributed by atoms with E-state index in [4.69, 9.17) is 14.6 Å². The van der Waals surface area contributed by atoms with E-state index in [2.05, 4.69) is 5.92 Å². The van der Waals surface area contributed by atoms with E-state index < -0.39 is 0 Å². The van der Waals surface area contributed by atoms with Crippen LogP contribution in [0, 0.1) is 12.0 Å². The molecule has 0 aliphatic rings. The highest BCUT2D eigenvalue weighted by Crippen LogP contribution is 1.89. The Labute approximate surface area is 77.8 Å². The molecule has 0 heterocycles. The molecule has 0 unspecified atom stereocenters. The van der Waals surface area contributed by atoms with Crippen LogP contribution in [0.1, 0.15) is 19.8 Å². The highest BCUT2D eigenvalue weighted by atomic mass is 16.5. The number of hydrogen-bond donors (Lipinski definition) is 1. The number of carbonyl (C=O) groups excluding carboxylic acids is 1. The van der Waals surface area contributed by atoms with Gasteiger partial charge < -0.3 is 14.6 Å². The zero-order valence-corrected chi connectivity index (χ0v) is 7.71. The smallest absolute Gasteiger partial charge is 0.308 e. The highest BCUT2D eigenvalue weighted by Gasteiger charge is 2.00. The van der Waals surface area contributed by atoms with Gasteiger partial charge in [-0.2, -0.15) is 0 Å². The van der Waals surface area contributed by atoms with E-state index in [1.165, 1.54) is 0 Å². The summed E-state index contributed by atoms with van der Waals surface area (Å²) in [6.07, 6.45) is 2.75. The molecule has 1 N–H and O–H groups in total. The fourth-order valence-corrected chi connectivity index (χ4v) is 0.599. The number of aliphatic hydroxyl groups is 1. The van der Waals surface area contributed by atoms with Crippen molar-refractivity contribution in [2.45, 2.75) is 19.8 Å². The van der Waals surface area contributed by atoms with Gasteiger partial charge in [0.1, 0.15) is 12.7 Å². The summed E-state index contributed by atoms with van der Waals surface area (Å²) < 4.78 is 9.68. The maximum atomic E-state index is 10.8. The van der Waals surface area contributed by atoms with Crippen molar-refractivity contribution in [1.29, 1.82) is 0 Å². The van der Waals surface area contributed by atoms with Crippen molar-refractivity contribution in [3.05, 3.63) is 0 Å². The third-order valence-corrected chi connectivity index (χ3v) is 1.17. The van der Waals surface area contributed by atoms with Gasteiger partial charge in [-0.15, -0.1) is 0 Å². The van der Waals surface area contributed by atoms with Crippen LogP contribution in [0.25, 0.3) is 0 Å². The topological polar surface area (TPSA) is 55.8 Å². The molecule has 4 nitrogen and oxygen atoms in total. The Kier molecular flexibility index (Phi) is 8.06. The Bertz CT molecular complexity index is 190. The van der Waals surface area contributed by atoms with E-state index in [1.807, 2.05) is 6.92 Å². The van der Waals surface area contributed by atoms with Crippen molar-refractivity contribution < 1.29 is 19.4 Å². The van der Waals surface area contributed by atoms with Gasteiger partial charge in [0.2, 0.25) is 0 Å². The van der Waals surface area contributed by atoms with E-state index in [-0.39, 0.29) is 25.6 Å². The van der Waals surface area contributed by atoms with Crippen molar-refractivity contribution >= 4 is 5.97 Å². The molecule has 13 heavy (non-hydrogen) atoms. The number of rotatable bonds is 6. The molecule has 0 saturated heterocycles. The predicted octanol–water partition coefficient (Wildman–Crippen LogP) is 0.680. The van der Waals surface area contributed by atoms with Gasteiger partial charge in [0.25, 0.3) is 0 Å². The zero-order valence-electron chi connectivity index (χ0n) is 7.71. The summed E-state index contributed by atoms with van der Waals surface area (Å²) in [5.74, 6) is 2.03. The second-order valence-corrected chi connectivity index (χ2v) is 2.31. The Balaban J connectivity index is 3.20. The fourth-order valence-electron chi connectivity index (χ4n) is 0.599. The van der Waals surface area contributed by atoms with Gasteiger partial charge >= 0.3 is 5.97 Å². The van der Waals surface area contributed by atoms with Gasteiger partial charge in [-0.05, 0) is 12.3 Å². The summed E-state index contributed by atoms with van der Waals surface area (Å²) in [4.78, 5) is 10.8. The molecule has 0 aromatic heterocycles. The van der Waals surface area contributed by atoms with Crippen molar-refractivity contribution in [1.82, 2.24) is 0 Å². The molecule has 0 atom stereocenters. The third-order valence-electron chi connectivity index (χ3n) is 1.17. The van der Waals surface area contributed by atoms with Crippen LogP contribution in [0.3, 0.4) is 0 Å². The lowest BCUT2D eigenvalue weighted by molar-refractivity contribution is -0.144. The van der Waals surface area contributed by atoms with E-state index in [0.717, 1.165) is 6.42 Å². The van der Waals surface area contributed by atoms with Gasteiger partial charge in [-0.1, -0.05) is 6.92 Å². The van der Waals surface area contributed by atoms with Crippen LogP contribution in [0.4, 0.5) is 0 Å². The Morgan fingerprint density at radius 3 is 2.85 bits per heavy atom. The lowest BCUT2D eigenvalue weighted by Crippen LogP contribution is -2.09. The monoisotopic (exact) mass is 186 g/mol. The summed E-state index contributed by atoms with van der Waals surface area (Å²) in [5, 5.41) is 8.06. The van der Waals surface area contributed by atoms with Crippen LogP contribution < -0.4 is 0 Å². The average Bonchev–Trinajstić information content (AvgIpc) is 2.14. The molecule has 0 rings (SSSR count). The first-order valence-corrected chi connectivity index (χ1v) is 4.16. The second-order valence-electron chi connectivity index (χ2n) is 2.31. The minimum absolute atomic E-state index is 0.136. The minimum atomic E-state index is -0.265. The Hall–Kier alpha value is -1.21. The first kappa shape index (κ1) is 11.8. The lowest BCUT2D eigenvalue weighted by atomic mass is 10.4. The SMILES string of the molecule is CCCOC(=O)CCOCC#CO. The maximum Gasteiger partial charge on any atom is 0.308 e. The summed E-state index contributed by atoms with van der Waals surface area (Å²) in [6.45, 7) is 2.80. The van der Waals surface area contributed by atoms with Crippen LogP contribution in [-0.4, -0.2) is 30.9 Å². The van der Waals surface area contributed by atoms with Crippen LogP contribution in [0.2, 0.25) is 0 Å². The Morgan fingerprint density at radius 1 is 1.46 bits per heavy atom. The molecule has 0 bridgehead atoms. The standard InChI is InChI=1S/C9H14O4/c1-2-6-13-9(11)4-8-12-7-3-5-10/h10H,2,4,6-8H2,1H3. The van der Waals surface area contributed by atoms with Gasteiger partial charge in [0.05, 0.1) is 19.6 Å². The molecule has 0 amide bonds. The lowest BCUT2D eigenvalue weighted by Gasteiger charge is -2.01. The van der Waals surface area contributed by atoms with Crippen molar-refractivity contribution in [3.63, 3.8) is 0 Å². The van der Waals surface area contributed by atoms with Crippen LogP contribution >= 0.6 is 0 Å². The molecule has 0 aliphatic heterocycles. The Morgan fingerprint density at radius 2 is 2.23 bits per heavy atom. The largest absolute Gasteiger partial charge is 0.466 e. The molecule has 4 heteroatoms. The van der Waals surface area contributed by atoms with Crippen molar-refractivity contribution in [3.8, 4) is 12.0 Å². The van der Waals surface area contributed by atoms with E-state index >= 15 is 0 Å². The summed E-state index contributed by atoms with van der Waals surface area (Å²) in [7, 11) is 0. The number of carbonyl (C=O) groups is 1. The normalized spacial score (nSPS) is 8.69. The average molecular weight is 186 g/mol. The van der Waals surface area contributed by atoms with E-state index in [9.17, 15) is 4.79 Å². The summed E-state index contributed by atoms with van der Waals surface area (Å²) >= 11 is 0. The number of hydrogen-bond acceptors (Lipinski definition) is 4. The van der Waals surface area contributed by atoms with Gasteiger partial charge in [0, 0.05) is 0 Å². The quantitative estimate of drug-likeness (QED) is 0.376. The van der Waals surface area contributed by atoms with Gasteiger partial charge in [-0.3, -0.25) is 4.79 Å². The highest BCUT2D eigenvalue weighted by molar-refractivity contribution is 5.69. The zero-order chi connectivity index (χ0) is 9.94. The first-order valence-electron chi connectivity index (χ1n) is 4.16. The third kappa shape index (κ3) is 8.70. The molecule has 74 valence electrons. The minimum Gasteiger partial charge on any atom is -0.466 e. The van der Waals surface area contributed by atoms with Gasteiger partial charge in [0.15, 0.2) is 0 Å². The first-order chi connectivity index (χ1) is 6.31. The van der Waals surface area contributed by atoms with E-state index in [0.29, 0.717) is 6.61 Å². The molecule has 0 aromatic carbocycles. The molecule has 0 spiro atoms. The second kappa shape index (κ2) is 8.88. The predicted molar refractivity (Wildman–Crippen MR) is 46.4 cm³/mol. The number of ether oxygens (including phenoxy) is 2. The van der Waals surface area contributed by atoms with Gasteiger partial charge in [-0.25, -0.2) is 0 Å². The molecule has 0 aromatic rings. The molecular formula is C9H14O4. The molecular weight excluding hydrogens is 172 g/mol. The van der Waals surface area contributed by atoms with Crippen LogP contribution in [0.15, 0.2) is 0 Å². The van der Waals surface area contributed by atoms with E-state index in [1.54, 1.807) is 6.11 Å². The summed E-state index contributed by atoms with van der Waals surface area (Å²) in [6, 6.07) is 0. The van der Waals surface area contributed by atoms with Crippen LogP contribution in [0.5, 0.6) is 0 Å². The molecule has 0 saturated carbocycles. The van der Waals surface area contributed by atoms with Crippen LogP contribution in [-0.2, 0) is 14.3 Å². The molecule has 0 aliphatic carbocycles. The van der Waals surface area contributed by atoms with Crippen molar-refractivity contribution in [2.75, 3.05) is 19.8 Å². The molecule has 0 fully saturated rings. The molecule has 0 radical (unpaired) electrons. The van der Waals surface area contributed by atoms with Crippen molar-refractivity contribution in [2.24, 2.45) is 0 Å². The number of esters is 1. The fraction of sp³-hybridized carbons (Fsp3) is 0.667. The maximum absolute atomic E-state index is 10.8.